The lowest BCUT2D eigenvalue weighted by Gasteiger charge is -2.23. The van der Waals surface area contributed by atoms with Crippen LogP contribution in [0.1, 0.15) is 148 Å². The maximum Gasteiger partial charge on any atom is 0.330 e. The van der Waals surface area contributed by atoms with Crippen LogP contribution in [0.5, 0.6) is 0 Å². The fourth-order valence-electron chi connectivity index (χ4n) is 5.79. The van der Waals surface area contributed by atoms with E-state index in [1.165, 1.54) is 93.9 Å². The summed E-state index contributed by atoms with van der Waals surface area (Å²) in [5.41, 5.74) is -1.01. The highest BCUT2D eigenvalue weighted by Gasteiger charge is 2.43. The number of carbonyl (C=O) groups excluding carboxylic acids is 1. The molecule has 8 nitrogen and oxygen atoms in total. The molecule has 0 bridgehead atoms. The molecular weight excluding hydrogens is 520 g/mol. The largest absolute Gasteiger partial charge is 0.394 e. The minimum absolute atomic E-state index is 0.0928. The number of unbranched alkanes of at least 4 members (excludes halogenated alkanes) is 16. The van der Waals surface area contributed by atoms with E-state index < -0.39 is 29.7 Å². The molecule has 1 fully saturated rings. The summed E-state index contributed by atoms with van der Waals surface area (Å²) in [6, 6.07) is 1.28. The van der Waals surface area contributed by atoms with Crippen molar-refractivity contribution >= 4 is 5.78 Å². The van der Waals surface area contributed by atoms with Crippen molar-refractivity contribution in [2.45, 2.75) is 161 Å². The molecule has 8 heteroatoms. The highest BCUT2D eigenvalue weighted by Crippen LogP contribution is 2.35. The molecule has 1 aliphatic rings. The number of aliphatic hydroxyl groups excluding tert-OH is 1. The highest BCUT2D eigenvalue weighted by molar-refractivity contribution is 5.78. The summed E-state index contributed by atoms with van der Waals surface area (Å²) in [7, 11) is 0. The number of H-pyrrole nitrogens is 1. The molecule has 0 aliphatic carbocycles. The molecule has 0 saturated carbocycles. The Bertz CT molecular complexity index is 929. The van der Waals surface area contributed by atoms with Crippen LogP contribution < -0.4 is 11.2 Å². The molecule has 41 heavy (non-hydrogen) atoms. The van der Waals surface area contributed by atoms with Crippen molar-refractivity contribution < 1.29 is 19.4 Å². The average molecular weight is 579 g/mol. The van der Waals surface area contributed by atoms with Crippen LogP contribution >= 0.6 is 0 Å². The van der Waals surface area contributed by atoms with Gasteiger partial charge in [0.2, 0.25) is 0 Å². The fourth-order valence-corrected chi connectivity index (χ4v) is 5.79. The maximum absolute atomic E-state index is 12.3. The average Bonchev–Trinajstić information content (AvgIpc) is 3.27. The number of rotatable bonds is 25. The van der Waals surface area contributed by atoms with Crippen molar-refractivity contribution in [3.05, 3.63) is 33.1 Å². The van der Waals surface area contributed by atoms with E-state index >= 15 is 0 Å². The van der Waals surface area contributed by atoms with Crippen molar-refractivity contribution in [2.24, 2.45) is 5.92 Å². The van der Waals surface area contributed by atoms with Gasteiger partial charge in [-0.25, -0.2) is 4.79 Å². The SMILES string of the molecule is CCCCCCCCCCCCCCCC(=O)CCCCCCCO[C@@H]1[C@H](C)[C@@H](CO)O[C@H]1n1ccc(=O)[nH]c1=O. The lowest BCUT2D eigenvalue weighted by Crippen LogP contribution is -2.37. The van der Waals surface area contributed by atoms with Crippen molar-refractivity contribution in [3.63, 3.8) is 0 Å². The third kappa shape index (κ3) is 14.3. The number of aliphatic hydroxyl groups is 1. The number of aromatic amines is 1. The van der Waals surface area contributed by atoms with Gasteiger partial charge in [-0.15, -0.1) is 0 Å². The fraction of sp³-hybridized carbons (Fsp3) is 0.848. The van der Waals surface area contributed by atoms with Crippen molar-refractivity contribution in [1.82, 2.24) is 9.55 Å². The molecule has 1 saturated heterocycles. The van der Waals surface area contributed by atoms with Gasteiger partial charge in [-0.05, 0) is 19.3 Å². The van der Waals surface area contributed by atoms with Crippen molar-refractivity contribution in [1.29, 1.82) is 0 Å². The number of aromatic nitrogens is 2. The number of ether oxygens (including phenoxy) is 2. The summed E-state index contributed by atoms with van der Waals surface area (Å²) in [4.78, 5) is 38.1. The van der Waals surface area contributed by atoms with Crippen molar-refractivity contribution in [3.8, 4) is 0 Å². The van der Waals surface area contributed by atoms with Crippen LogP contribution in [-0.2, 0) is 14.3 Å². The van der Waals surface area contributed by atoms with Gasteiger partial charge in [0, 0.05) is 37.6 Å². The first kappa shape index (κ1) is 35.4. The van der Waals surface area contributed by atoms with Gasteiger partial charge in [0.25, 0.3) is 5.56 Å². The Morgan fingerprint density at radius 3 is 1.88 bits per heavy atom. The summed E-state index contributed by atoms with van der Waals surface area (Å²) in [6.45, 7) is 4.58. The van der Waals surface area contributed by atoms with Gasteiger partial charge in [0.15, 0.2) is 6.23 Å². The van der Waals surface area contributed by atoms with E-state index in [-0.39, 0.29) is 12.5 Å². The van der Waals surface area contributed by atoms with E-state index in [9.17, 15) is 19.5 Å². The second kappa shape index (κ2) is 21.9. The first-order valence-corrected chi connectivity index (χ1v) is 16.7. The molecule has 1 aromatic rings. The van der Waals surface area contributed by atoms with E-state index in [1.54, 1.807) is 0 Å². The molecule has 1 aromatic heterocycles. The van der Waals surface area contributed by atoms with E-state index in [4.69, 9.17) is 9.47 Å². The molecule has 0 radical (unpaired) electrons. The van der Waals surface area contributed by atoms with Crippen LogP contribution in [0.25, 0.3) is 0 Å². The van der Waals surface area contributed by atoms with Crippen LogP contribution in [-0.4, -0.2) is 45.9 Å². The topological polar surface area (TPSA) is 111 Å². The Balaban J connectivity index is 1.45. The molecule has 2 rings (SSSR count). The molecule has 4 atom stereocenters. The molecular formula is C33H58N2O6. The van der Waals surface area contributed by atoms with Crippen molar-refractivity contribution in [2.75, 3.05) is 13.2 Å². The van der Waals surface area contributed by atoms with E-state index in [0.717, 1.165) is 44.9 Å². The molecule has 2 N–H and O–H groups in total. The predicted molar refractivity (Wildman–Crippen MR) is 164 cm³/mol. The summed E-state index contributed by atoms with van der Waals surface area (Å²) >= 11 is 0. The Morgan fingerprint density at radius 2 is 1.37 bits per heavy atom. The number of Topliss-reactive ketones (excluding diaryl/α,β-unsaturated/α-hetero) is 1. The molecule has 0 aromatic carbocycles. The van der Waals surface area contributed by atoms with Gasteiger partial charge >= 0.3 is 5.69 Å². The standard InChI is InChI=1S/C33H58N2O6/c1-3-4-5-6-7-8-9-10-11-12-13-15-18-21-28(37)22-19-16-14-17-20-25-40-31-27(2)29(26-36)41-32(31)35-24-23-30(38)34-33(35)39/h23-24,27,29,31-32,36H,3-22,25-26H2,1-2H3,(H,34,38,39)/t27-,29-,31-,32-/m1/s1. The van der Waals surface area contributed by atoms with Crippen LogP contribution in [0.4, 0.5) is 0 Å². The van der Waals surface area contributed by atoms with Gasteiger partial charge in [0.1, 0.15) is 11.9 Å². The second-order valence-electron chi connectivity index (χ2n) is 12.0. The smallest absolute Gasteiger partial charge is 0.330 e. The predicted octanol–water partition coefficient (Wildman–Crippen LogP) is 6.84. The van der Waals surface area contributed by atoms with Crippen LogP contribution in [0.2, 0.25) is 0 Å². The van der Waals surface area contributed by atoms with Gasteiger partial charge in [-0.3, -0.25) is 19.1 Å². The minimum Gasteiger partial charge on any atom is -0.394 e. The number of ketones is 1. The van der Waals surface area contributed by atoms with Gasteiger partial charge < -0.3 is 14.6 Å². The zero-order valence-corrected chi connectivity index (χ0v) is 26.0. The normalized spacial score (nSPS) is 20.6. The number of nitrogens with zero attached hydrogens (tertiary/aromatic N) is 1. The zero-order chi connectivity index (χ0) is 29.7. The summed E-state index contributed by atoms with van der Waals surface area (Å²) in [5, 5.41) is 9.65. The first-order chi connectivity index (χ1) is 20.0. The number of hydrogen-bond donors (Lipinski definition) is 2. The third-order valence-corrected chi connectivity index (χ3v) is 8.47. The number of hydrogen-bond acceptors (Lipinski definition) is 6. The lowest BCUT2D eigenvalue weighted by atomic mass is 10.0. The molecule has 1 aliphatic heterocycles. The Hall–Kier alpha value is -1.77. The highest BCUT2D eigenvalue weighted by atomic mass is 16.6. The molecule has 2 heterocycles. The van der Waals surface area contributed by atoms with E-state index in [0.29, 0.717) is 18.8 Å². The zero-order valence-electron chi connectivity index (χ0n) is 26.0. The Kier molecular flexibility index (Phi) is 18.9. The van der Waals surface area contributed by atoms with Gasteiger partial charge in [-0.2, -0.15) is 0 Å². The quantitative estimate of drug-likeness (QED) is 0.123. The molecule has 236 valence electrons. The monoisotopic (exact) mass is 578 g/mol. The maximum atomic E-state index is 12.3. The summed E-state index contributed by atoms with van der Waals surface area (Å²) in [6.07, 6.45) is 23.6. The Morgan fingerprint density at radius 1 is 0.854 bits per heavy atom. The van der Waals surface area contributed by atoms with E-state index in [2.05, 4.69) is 11.9 Å². The van der Waals surface area contributed by atoms with Gasteiger partial charge in [0.05, 0.1) is 12.7 Å². The van der Waals surface area contributed by atoms with Crippen LogP contribution in [0, 0.1) is 5.92 Å². The molecule has 0 unspecified atom stereocenters. The minimum atomic E-state index is -0.688. The van der Waals surface area contributed by atoms with E-state index in [1.807, 2.05) is 6.92 Å². The molecule has 0 spiro atoms. The lowest BCUT2D eigenvalue weighted by molar-refractivity contribution is -0.119. The second-order valence-corrected chi connectivity index (χ2v) is 12.0. The number of nitrogens with one attached hydrogen (secondary N) is 1. The number of carbonyl (C=O) groups is 1. The first-order valence-electron chi connectivity index (χ1n) is 16.7. The summed E-state index contributed by atoms with van der Waals surface area (Å²) in [5.74, 6) is 0.318. The van der Waals surface area contributed by atoms with Crippen LogP contribution in [0.15, 0.2) is 21.9 Å². The van der Waals surface area contributed by atoms with Gasteiger partial charge in [-0.1, -0.05) is 110 Å². The summed E-state index contributed by atoms with van der Waals surface area (Å²) < 4.78 is 13.3. The Labute approximate surface area is 247 Å². The third-order valence-electron chi connectivity index (χ3n) is 8.47. The molecule has 0 amide bonds. The van der Waals surface area contributed by atoms with Crippen LogP contribution in [0.3, 0.4) is 0 Å².